The summed E-state index contributed by atoms with van der Waals surface area (Å²) >= 11 is 0. The summed E-state index contributed by atoms with van der Waals surface area (Å²) in [6, 6.07) is -0.836. The van der Waals surface area contributed by atoms with E-state index in [0.29, 0.717) is 6.42 Å². The third-order valence-corrected chi connectivity index (χ3v) is 4.99. The van der Waals surface area contributed by atoms with Crippen molar-refractivity contribution in [2.24, 2.45) is 0 Å². The predicted molar refractivity (Wildman–Crippen MR) is 102 cm³/mol. The number of rotatable bonds is 18. The molecule has 0 saturated carbocycles. The lowest BCUT2D eigenvalue weighted by molar-refractivity contribution is -0.530. The van der Waals surface area contributed by atoms with E-state index < -0.39 is 17.1 Å². The molecule has 0 amide bonds. The van der Waals surface area contributed by atoms with Crippen LogP contribution in [0, 0.1) is 10.1 Å². The van der Waals surface area contributed by atoms with E-state index in [-0.39, 0.29) is 0 Å². The summed E-state index contributed by atoms with van der Waals surface area (Å²) in [6.45, 7) is 3.75. The van der Waals surface area contributed by atoms with E-state index in [2.05, 4.69) is 6.92 Å². The smallest absolute Gasteiger partial charge is 0.235 e. The van der Waals surface area contributed by atoms with Crippen LogP contribution in [-0.2, 0) is 0 Å². The van der Waals surface area contributed by atoms with Gasteiger partial charge in [-0.25, -0.2) is 0 Å². The zero-order chi connectivity index (χ0) is 18.0. The molecular weight excluding hydrogens is 302 g/mol. The lowest BCUT2D eigenvalue weighted by atomic mass is 10.0. The van der Waals surface area contributed by atoms with E-state index >= 15 is 0 Å². The first-order valence-corrected chi connectivity index (χ1v) is 10.4. The molecule has 0 saturated heterocycles. The molecule has 1 N–H and O–H groups in total. The Morgan fingerprint density at radius 1 is 0.750 bits per heavy atom. The molecule has 0 fully saturated rings. The highest BCUT2D eigenvalue weighted by atomic mass is 16.6. The number of nitro groups is 1. The monoisotopic (exact) mass is 343 g/mol. The van der Waals surface area contributed by atoms with Gasteiger partial charge in [-0.05, 0) is 6.42 Å². The molecule has 24 heavy (non-hydrogen) atoms. The highest BCUT2D eigenvalue weighted by Crippen LogP contribution is 2.14. The highest BCUT2D eigenvalue weighted by molar-refractivity contribution is 4.63. The van der Waals surface area contributed by atoms with Crippen LogP contribution in [0.25, 0.3) is 0 Å². The van der Waals surface area contributed by atoms with Crippen molar-refractivity contribution in [2.75, 3.05) is 0 Å². The largest absolute Gasteiger partial charge is 0.386 e. The van der Waals surface area contributed by atoms with E-state index in [0.717, 1.165) is 12.8 Å². The molecule has 2 unspecified atom stereocenters. The van der Waals surface area contributed by atoms with Crippen LogP contribution in [0.15, 0.2) is 0 Å². The maximum Gasteiger partial charge on any atom is 0.235 e. The second-order valence-electron chi connectivity index (χ2n) is 7.33. The summed E-state index contributed by atoms with van der Waals surface area (Å²) in [7, 11) is 0. The minimum atomic E-state index is -0.836. The lowest BCUT2D eigenvalue weighted by Gasteiger charge is -2.11. The Morgan fingerprint density at radius 2 is 1.08 bits per heavy atom. The fraction of sp³-hybridized carbons (Fsp3) is 1.00. The molecular formula is C20H41NO3. The van der Waals surface area contributed by atoms with E-state index in [4.69, 9.17) is 0 Å². The number of hydrogen-bond acceptors (Lipinski definition) is 3. The first kappa shape index (κ1) is 23.4. The van der Waals surface area contributed by atoms with Gasteiger partial charge in [0.05, 0.1) is 0 Å². The predicted octanol–water partition coefficient (Wildman–Crippen LogP) is 6.27. The Bertz CT molecular complexity index is 284. The van der Waals surface area contributed by atoms with Gasteiger partial charge in [0.25, 0.3) is 0 Å². The zero-order valence-corrected chi connectivity index (χ0v) is 16.2. The van der Waals surface area contributed by atoms with Gasteiger partial charge in [0.15, 0.2) is 0 Å². The highest BCUT2D eigenvalue weighted by Gasteiger charge is 2.23. The maximum absolute atomic E-state index is 10.5. The minimum Gasteiger partial charge on any atom is -0.386 e. The topological polar surface area (TPSA) is 63.4 Å². The van der Waals surface area contributed by atoms with Crippen molar-refractivity contribution in [3.05, 3.63) is 10.1 Å². The van der Waals surface area contributed by atoms with Gasteiger partial charge in [0.2, 0.25) is 6.04 Å². The Hall–Kier alpha value is -0.640. The molecule has 2 atom stereocenters. The van der Waals surface area contributed by atoms with Crippen molar-refractivity contribution in [3.63, 3.8) is 0 Å². The van der Waals surface area contributed by atoms with E-state index in [1.807, 2.05) is 0 Å². The van der Waals surface area contributed by atoms with Crippen molar-refractivity contribution in [1.82, 2.24) is 0 Å². The molecule has 0 bridgehead atoms. The van der Waals surface area contributed by atoms with Crippen LogP contribution in [0.4, 0.5) is 0 Å². The average molecular weight is 344 g/mol. The molecule has 0 aliphatic carbocycles. The van der Waals surface area contributed by atoms with Crippen LogP contribution in [-0.4, -0.2) is 22.2 Å². The van der Waals surface area contributed by atoms with Crippen molar-refractivity contribution >= 4 is 0 Å². The van der Waals surface area contributed by atoms with Gasteiger partial charge >= 0.3 is 0 Å². The van der Waals surface area contributed by atoms with Crippen LogP contribution in [0.2, 0.25) is 0 Å². The summed E-state index contributed by atoms with van der Waals surface area (Å²) in [4.78, 5) is 10.2. The summed E-state index contributed by atoms with van der Waals surface area (Å²) in [5, 5.41) is 20.2. The third kappa shape index (κ3) is 14.9. The van der Waals surface area contributed by atoms with E-state index in [1.165, 1.54) is 90.4 Å². The molecule has 0 radical (unpaired) electrons. The summed E-state index contributed by atoms with van der Waals surface area (Å²) in [5.41, 5.74) is 0. The summed E-state index contributed by atoms with van der Waals surface area (Å²) < 4.78 is 0. The Kier molecular flexibility index (Phi) is 16.7. The van der Waals surface area contributed by atoms with Gasteiger partial charge in [-0.1, -0.05) is 103 Å². The second-order valence-corrected chi connectivity index (χ2v) is 7.33. The van der Waals surface area contributed by atoms with E-state index in [9.17, 15) is 15.2 Å². The number of aliphatic hydroxyl groups excluding tert-OH is 1. The number of aliphatic hydroxyl groups is 1. The molecule has 0 spiro atoms. The average Bonchev–Trinajstić information content (AvgIpc) is 2.57. The molecule has 144 valence electrons. The lowest BCUT2D eigenvalue weighted by Crippen LogP contribution is -2.30. The molecule has 0 rings (SSSR count). The van der Waals surface area contributed by atoms with Crippen molar-refractivity contribution in [2.45, 2.75) is 129 Å². The SMILES string of the molecule is CCCCCCCCCCCCCCCCCC(O)C(C)[N+](=O)[O-]. The number of hydrogen-bond donors (Lipinski definition) is 1. The molecule has 0 aliphatic heterocycles. The minimum absolute atomic E-state index is 0.393. The van der Waals surface area contributed by atoms with Gasteiger partial charge < -0.3 is 5.11 Å². The number of nitrogens with zero attached hydrogens (tertiary/aromatic N) is 1. The Balaban J connectivity index is 3.16. The molecule has 4 nitrogen and oxygen atoms in total. The fourth-order valence-corrected chi connectivity index (χ4v) is 3.11. The van der Waals surface area contributed by atoms with Crippen LogP contribution in [0.3, 0.4) is 0 Å². The second kappa shape index (κ2) is 17.2. The third-order valence-electron chi connectivity index (χ3n) is 4.99. The summed E-state index contributed by atoms with van der Waals surface area (Å²) in [6.07, 6.45) is 19.4. The molecule has 0 aliphatic rings. The zero-order valence-electron chi connectivity index (χ0n) is 16.2. The first-order chi connectivity index (χ1) is 11.6. The van der Waals surface area contributed by atoms with Gasteiger partial charge in [0.1, 0.15) is 6.10 Å². The standard InChI is InChI=1S/C20H41NO3/c1-3-4-5-6-7-8-9-10-11-12-13-14-15-16-17-18-20(22)19(2)21(23)24/h19-20,22H,3-18H2,1-2H3. The molecule has 0 aromatic carbocycles. The van der Waals surface area contributed by atoms with Crippen LogP contribution in [0.5, 0.6) is 0 Å². The molecule has 4 heteroatoms. The van der Waals surface area contributed by atoms with Crippen LogP contribution in [0.1, 0.15) is 117 Å². The Labute approximate surface area is 149 Å². The molecule has 0 heterocycles. The Morgan fingerprint density at radius 3 is 1.42 bits per heavy atom. The molecule has 0 aromatic rings. The van der Waals surface area contributed by atoms with Gasteiger partial charge in [-0.15, -0.1) is 0 Å². The van der Waals surface area contributed by atoms with Crippen molar-refractivity contribution in [1.29, 1.82) is 0 Å². The number of unbranched alkanes of at least 4 members (excludes halogenated alkanes) is 14. The van der Waals surface area contributed by atoms with Gasteiger partial charge in [-0.2, -0.15) is 0 Å². The van der Waals surface area contributed by atoms with Crippen molar-refractivity contribution in [3.8, 4) is 0 Å². The van der Waals surface area contributed by atoms with E-state index in [1.54, 1.807) is 0 Å². The van der Waals surface area contributed by atoms with Crippen molar-refractivity contribution < 1.29 is 10.0 Å². The fourth-order valence-electron chi connectivity index (χ4n) is 3.11. The summed E-state index contributed by atoms with van der Waals surface area (Å²) in [5.74, 6) is 0. The maximum atomic E-state index is 10.5. The quantitative estimate of drug-likeness (QED) is 0.181. The van der Waals surface area contributed by atoms with Gasteiger partial charge in [-0.3, -0.25) is 10.1 Å². The van der Waals surface area contributed by atoms with Gasteiger partial charge in [0, 0.05) is 11.8 Å². The molecule has 0 aromatic heterocycles. The first-order valence-electron chi connectivity index (χ1n) is 10.4. The normalized spacial score (nSPS) is 13.8. The van der Waals surface area contributed by atoms with Crippen LogP contribution >= 0.6 is 0 Å². The van der Waals surface area contributed by atoms with Crippen LogP contribution < -0.4 is 0 Å².